The van der Waals surface area contributed by atoms with Gasteiger partial charge in [-0.05, 0) is 17.7 Å². The first kappa shape index (κ1) is 18.1. The van der Waals surface area contributed by atoms with E-state index < -0.39 is 29.9 Å². The predicted octanol–water partition coefficient (Wildman–Crippen LogP) is 1.29. The number of carbonyl (C=O) groups excluding carboxylic acids is 3. The van der Waals surface area contributed by atoms with Gasteiger partial charge in [0.1, 0.15) is 11.8 Å². The normalized spacial score (nSPS) is 26.3. The number of hydrogen-bond donors (Lipinski definition) is 1. The number of methoxy groups -OCH3 is 1. The van der Waals surface area contributed by atoms with Crippen molar-refractivity contribution in [2.75, 3.05) is 14.2 Å². The van der Waals surface area contributed by atoms with Crippen molar-refractivity contribution in [3.05, 3.63) is 54.2 Å². The van der Waals surface area contributed by atoms with Crippen LogP contribution in [-0.2, 0) is 19.1 Å². The average Bonchev–Trinajstić information content (AvgIpc) is 3.22. The minimum absolute atomic E-state index is 0.316. The number of pyridine rings is 1. The van der Waals surface area contributed by atoms with Gasteiger partial charge in [-0.15, -0.1) is 0 Å². The number of likely N-dealkylation sites (tertiary alicyclic amines) is 1. The standard InChI is InChI=1S/C20H19N3O5/c1-23-18(24)14-15(19(23)25)17(20(26)27-2)22-16(14)11-8-9-13(21-10-11)28-12-6-4-3-5-7-12/h3-10,14-17,22H,1-2H3/t14-,15+,16-,17-/m1/s1. The molecule has 0 unspecified atom stereocenters. The van der Waals surface area contributed by atoms with E-state index in [2.05, 4.69) is 10.3 Å². The maximum Gasteiger partial charge on any atom is 0.323 e. The van der Waals surface area contributed by atoms with Crippen LogP contribution in [0.15, 0.2) is 48.7 Å². The van der Waals surface area contributed by atoms with Crippen LogP contribution in [0.3, 0.4) is 0 Å². The highest BCUT2D eigenvalue weighted by molar-refractivity contribution is 6.08. The minimum atomic E-state index is -0.873. The molecule has 8 nitrogen and oxygen atoms in total. The van der Waals surface area contributed by atoms with Gasteiger partial charge in [0.2, 0.25) is 17.7 Å². The van der Waals surface area contributed by atoms with Crippen molar-refractivity contribution >= 4 is 17.8 Å². The second kappa shape index (κ2) is 7.05. The number of nitrogens with one attached hydrogen (secondary N) is 1. The Bertz CT molecular complexity index is 915. The van der Waals surface area contributed by atoms with Crippen LogP contribution in [0.25, 0.3) is 0 Å². The summed E-state index contributed by atoms with van der Waals surface area (Å²) in [4.78, 5) is 42.6. The first-order chi connectivity index (χ1) is 13.5. The molecule has 1 N–H and O–H groups in total. The topological polar surface area (TPSA) is 97.8 Å². The summed E-state index contributed by atoms with van der Waals surface area (Å²) < 4.78 is 10.5. The van der Waals surface area contributed by atoms with E-state index in [0.29, 0.717) is 17.2 Å². The number of esters is 1. The molecule has 2 saturated heterocycles. The van der Waals surface area contributed by atoms with Crippen LogP contribution in [0, 0.1) is 11.8 Å². The van der Waals surface area contributed by atoms with Gasteiger partial charge in [0.25, 0.3) is 0 Å². The molecule has 2 fully saturated rings. The molecule has 2 aromatic rings. The van der Waals surface area contributed by atoms with Crippen LogP contribution in [0.2, 0.25) is 0 Å². The quantitative estimate of drug-likeness (QED) is 0.629. The van der Waals surface area contributed by atoms with E-state index in [1.54, 1.807) is 18.3 Å². The number of nitrogens with zero attached hydrogens (tertiary/aromatic N) is 2. The van der Waals surface area contributed by atoms with Crippen molar-refractivity contribution < 1.29 is 23.9 Å². The van der Waals surface area contributed by atoms with Crippen molar-refractivity contribution in [2.45, 2.75) is 12.1 Å². The number of aromatic nitrogens is 1. The van der Waals surface area contributed by atoms with Crippen molar-refractivity contribution in [1.29, 1.82) is 0 Å². The molecule has 0 radical (unpaired) electrons. The van der Waals surface area contributed by atoms with Crippen LogP contribution < -0.4 is 10.1 Å². The molecule has 8 heteroatoms. The number of benzene rings is 1. The van der Waals surface area contributed by atoms with Gasteiger partial charge in [-0.1, -0.05) is 24.3 Å². The Morgan fingerprint density at radius 3 is 2.43 bits per heavy atom. The van der Waals surface area contributed by atoms with Gasteiger partial charge in [0.15, 0.2) is 0 Å². The third-order valence-corrected chi connectivity index (χ3v) is 5.23. The molecular formula is C20H19N3O5. The number of rotatable bonds is 4. The summed E-state index contributed by atoms with van der Waals surface area (Å²) in [6.07, 6.45) is 1.59. The Labute approximate surface area is 161 Å². The van der Waals surface area contributed by atoms with Gasteiger partial charge in [0.05, 0.1) is 18.9 Å². The second-order valence-corrected chi connectivity index (χ2v) is 6.78. The molecule has 0 saturated carbocycles. The smallest absolute Gasteiger partial charge is 0.323 e. The lowest BCUT2D eigenvalue weighted by Crippen LogP contribution is -2.42. The van der Waals surface area contributed by atoms with Gasteiger partial charge in [-0.2, -0.15) is 0 Å². The van der Waals surface area contributed by atoms with Crippen LogP contribution >= 0.6 is 0 Å². The summed E-state index contributed by atoms with van der Waals surface area (Å²) in [6, 6.07) is 11.3. The van der Waals surface area contributed by atoms with E-state index in [1.165, 1.54) is 14.2 Å². The molecule has 4 rings (SSSR count). The molecule has 1 aromatic carbocycles. The molecule has 1 aromatic heterocycles. The summed E-state index contributed by atoms with van der Waals surface area (Å²) in [5.74, 6) is -1.66. The monoisotopic (exact) mass is 381 g/mol. The third kappa shape index (κ3) is 2.91. The van der Waals surface area contributed by atoms with Crippen molar-refractivity contribution in [3.63, 3.8) is 0 Å². The highest BCUT2D eigenvalue weighted by atomic mass is 16.5. The number of hydrogen-bond acceptors (Lipinski definition) is 7. The highest BCUT2D eigenvalue weighted by Crippen LogP contribution is 2.43. The summed E-state index contributed by atoms with van der Waals surface area (Å²) in [6.45, 7) is 0. The first-order valence-corrected chi connectivity index (χ1v) is 8.85. The predicted molar refractivity (Wildman–Crippen MR) is 97.2 cm³/mol. The molecule has 0 aliphatic carbocycles. The van der Waals surface area contributed by atoms with Gasteiger partial charge in [-0.25, -0.2) is 4.98 Å². The third-order valence-electron chi connectivity index (χ3n) is 5.23. The van der Waals surface area contributed by atoms with Crippen molar-refractivity contribution in [2.24, 2.45) is 11.8 Å². The summed E-state index contributed by atoms with van der Waals surface area (Å²) >= 11 is 0. The molecule has 0 spiro atoms. The Hall–Kier alpha value is -3.26. The fourth-order valence-electron chi connectivity index (χ4n) is 3.85. The number of ether oxygens (including phenoxy) is 2. The summed E-state index contributed by atoms with van der Waals surface area (Å²) in [5.41, 5.74) is 0.693. The Morgan fingerprint density at radius 2 is 1.79 bits per heavy atom. The van der Waals surface area contributed by atoms with Crippen molar-refractivity contribution in [3.8, 4) is 11.6 Å². The fourth-order valence-corrected chi connectivity index (χ4v) is 3.85. The van der Waals surface area contributed by atoms with Gasteiger partial charge >= 0.3 is 5.97 Å². The molecule has 2 aliphatic heterocycles. The number of carbonyl (C=O) groups is 3. The van der Waals surface area contributed by atoms with E-state index in [1.807, 2.05) is 30.3 Å². The molecule has 2 amide bonds. The molecule has 4 atom stereocenters. The number of para-hydroxylation sites is 1. The molecule has 28 heavy (non-hydrogen) atoms. The second-order valence-electron chi connectivity index (χ2n) is 6.78. The van der Waals surface area contributed by atoms with Gasteiger partial charge in [0, 0.05) is 25.4 Å². The van der Waals surface area contributed by atoms with Gasteiger partial charge in [-0.3, -0.25) is 24.6 Å². The highest BCUT2D eigenvalue weighted by Gasteiger charge is 2.60. The molecule has 3 heterocycles. The zero-order valence-corrected chi connectivity index (χ0v) is 15.4. The average molecular weight is 381 g/mol. The summed E-state index contributed by atoms with van der Waals surface area (Å²) in [5, 5.41) is 3.09. The lowest BCUT2D eigenvalue weighted by molar-refractivity contribution is -0.147. The fraction of sp³-hybridized carbons (Fsp3) is 0.300. The zero-order chi connectivity index (χ0) is 19.8. The Balaban J connectivity index is 1.60. The molecule has 2 aliphatic rings. The molecular weight excluding hydrogens is 362 g/mol. The first-order valence-electron chi connectivity index (χ1n) is 8.85. The maximum atomic E-state index is 12.6. The lowest BCUT2D eigenvalue weighted by atomic mass is 9.87. The zero-order valence-electron chi connectivity index (χ0n) is 15.4. The van der Waals surface area contributed by atoms with Crippen LogP contribution in [0.1, 0.15) is 11.6 Å². The number of imide groups is 1. The SMILES string of the molecule is COC(=O)[C@@H]1N[C@H](c2ccc(Oc3ccccc3)nc2)[C@@H]2C(=O)N(C)C(=O)[C@@H]21. The van der Waals surface area contributed by atoms with Crippen LogP contribution in [0.4, 0.5) is 0 Å². The van der Waals surface area contributed by atoms with E-state index in [-0.39, 0.29) is 11.8 Å². The van der Waals surface area contributed by atoms with E-state index in [9.17, 15) is 14.4 Å². The number of fused-ring (bicyclic) bond motifs is 1. The Kier molecular flexibility index (Phi) is 4.56. The van der Waals surface area contributed by atoms with Gasteiger partial charge < -0.3 is 9.47 Å². The number of amides is 2. The summed E-state index contributed by atoms with van der Waals surface area (Å²) in [7, 11) is 2.69. The molecule has 144 valence electrons. The van der Waals surface area contributed by atoms with E-state index in [4.69, 9.17) is 9.47 Å². The largest absolute Gasteiger partial charge is 0.468 e. The Morgan fingerprint density at radius 1 is 1.07 bits per heavy atom. The minimum Gasteiger partial charge on any atom is -0.468 e. The van der Waals surface area contributed by atoms with Crippen LogP contribution in [-0.4, -0.2) is 47.9 Å². The lowest BCUT2D eigenvalue weighted by Gasteiger charge is -2.19. The van der Waals surface area contributed by atoms with E-state index >= 15 is 0 Å². The van der Waals surface area contributed by atoms with E-state index in [0.717, 1.165) is 4.90 Å². The van der Waals surface area contributed by atoms with Crippen molar-refractivity contribution in [1.82, 2.24) is 15.2 Å². The molecule has 0 bridgehead atoms. The maximum absolute atomic E-state index is 12.6. The van der Waals surface area contributed by atoms with Crippen LogP contribution in [0.5, 0.6) is 11.6 Å².